The van der Waals surface area contributed by atoms with Crippen molar-refractivity contribution >= 4 is 0 Å². The molecular weight excluding hydrogens is 160 g/mol. The Bertz CT molecular complexity index is 317. The Balaban J connectivity index is 2.59. The van der Waals surface area contributed by atoms with Gasteiger partial charge in [-0.15, -0.1) is 5.92 Å². The molecule has 1 aromatic rings. The maximum Gasteiger partial charge on any atom is 0.149 e. The third-order valence-electron chi connectivity index (χ3n) is 1.79. The molecule has 0 bridgehead atoms. The first-order valence-electron chi connectivity index (χ1n) is 4.48. The van der Waals surface area contributed by atoms with Crippen molar-refractivity contribution in [3.8, 4) is 17.6 Å². The van der Waals surface area contributed by atoms with Crippen molar-refractivity contribution in [2.75, 3.05) is 6.61 Å². The molecular formula is C12H14O. The predicted octanol–water partition coefficient (Wildman–Crippen LogP) is 2.65. The first kappa shape index (κ1) is 9.67. The SMILES string of the molecule is CC#CCOc1cccc(CC)c1. The minimum absolute atomic E-state index is 0.476. The molecule has 0 radical (unpaired) electrons. The van der Waals surface area contributed by atoms with Crippen LogP contribution >= 0.6 is 0 Å². The molecule has 0 atom stereocenters. The summed E-state index contributed by atoms with van der Waals surface area (Å²) >= 11 is 0. The summed E-state index contributed by atoms with van der Waals surface area (Å²) in [5, 5.41) is 0. The van der Waals surface area contributed by atoms with Crippen molar-refractivity contribution in [3.05, 3.63) is 29.8 Å². The predicted molar refractivity (Wildman–Crippen MR) is 54.8 cm³/mol. The molecule has 1 rings (SSSR count). The second kappa shape index (κ2) is 5.27. The van der Waals surface area contributed by atoms with E-state index in [4.69, 9.17) is 4.74 Å². The van der Waals surface area contributed by atoms with E-state index in [1.807, 2.05) is 19.1 Å². The van der Waals surface area contributed by atoms with Crippen LogP contribution in [0.5, 0.6) is 5.75 Å². The zero-order chi connectivity index (χ0) is 9.52. The van der Waals surface area contributed by atoms with Gasteiger partial charge in [-0.25, -0.2) is 0 Å². The van der Waals surface area contributed by atoms with E-state index in [2.05, 4.69) is 30.9 Å². The first-order chi connectivity index (χ1) is 6.36. The van der Waals surface area contributed by atoms with Gasteiger partial charge < -0.3 is 4.74 Å². The van der Waals surface area contributed by atoms with E-state index in [0.29, 0.717) is 6.61 Å². The quantitative estimate of drug-likeness (QED) is 0.640. The van der Waals surface area contributed by atoms with Gasteiger partial charge in [0.15, 0.2) is 0 Å². The maximum atomic E-state index is 5.42. The summed E-state index contributed by atoms with van der Waals surface area (Å²) in [6.45, 7) is 4.42. The molecule has 0 fully saturated rings. The summed E-state index contributed by atoms with van der Waals surface area (Å²) in [7, 11) is 0. The van der Waals surface area contributed by atoms with E-state index in [1.165, 1.54) is 5.56 Å². The minimum Gasteiger partial charge on any atom is -0.481 e. The molecule has 0 aromatic heterocycles. The van der Waals surface area contributed by atoms with Crippen molar-refractivity contribution < 1.29 is 4.74 Å². The highest BCUT2D eigenvalue weighted by atomic mass is 16.5. The van der Waals surface area contributed by atoms with Crippen molar-refractivity contribution in [2.24, 2.45) is 0 Å². The molecule has 0 N–H and O–H groups in total. The summed E-state index contributed by atoms with van der Waals surface area (Å²) < 4.78 is 5.42. The first-order valence-corrected chi connectivity index (χ1v) is 4.48. The fourth-order valence-electron chi connectivity index (χ4n) is 1.05. The number of hydrogen-bond acceptors (Lipinski definition) is 1. The molecule has 0 saturated carbocycles. The number of ether oxygens (including phenoxy) is 1. The van der Waals surface area contributed by atoms with Crippen molar-refractivity contribution in [2.45, 2.75) is 20.3 Å². The molecule has 68 valence electrons. The van der Waals surface area contributed by atoms with Crippen LogP contribution < -0.4 is 4.74 Å². The van der Waals surface area contributed by atoms with Crippen LogP contribution in [0.1, 0.15) is 19.4 Å². The lowest BCUT2D eigenvalue weighted by Gasteiger charge is -2.03. The molecule has 1 aromatic carbocycles. The van der Waals surface area contributed by atoms with Gasteiger partial charge in [-0.1, -0.05) is 25.0 Å². The largest absolute Gasteiger partial charge is 0.481 e. The van der Waals surface area contributed by atoms with Gasteiger partial charge >= 0.3 is 0 Å². The van der Waals surface area contributed by atoms with Crippen molar-refractivity contribution in [1.29, 1.82) is 0 Å². The molecule has 0 heterocycles. The number of benzene rings is 1. The zero-order valence-corrected chi connectivity index (χ0v) is 8.13. The lowest BCUT2D eigenvalue weighted by Crippen LogP contribution is -1.94. The standard InChI is InChI=1S/C12H14O/c1-3-5-9-13-12-8-6-7-11(4-2)10-12/h6-8,10H,4,9H2,1-2H3. The third kappa shape index (κ3) is 3.21. The Morgan fingerprint density at radius 1 is 1.38 bits per heavy atom. The van der Waals surface area contributed by atoms with Crippen LogP contribution in [0.15, 0.2) is 24.3 Å². The fraction of sp³-hybridized carbons (Fsp3) is 0.333. The van der Waals surface area contributed by atoms with E-state index in [1.54, 1.807) is 0 Å². The Hall–Kier alpha value is -1.42. The van der Waals surface area contributed by atoms with Gasteiger partial charge in [0.25, 0.3) is 0 Å². The van der Waals surface area contributed by atoms with Crippen LogP contribution in [0.4, 0.5) is 0 Å². The Morgan fingerprint density at radius 2 is 2.23 bits per heavy atom. The monoisotopic (exact) mass is 174 g/mol. The molecule has 1 heteroatoms. The number of rotatable bonds is 3. The second-order valence-electron chi connectivity index (χ2n) is 2.72. The van der Waals surface area contributed by atoms with Crippen LogP contribution in [0, 0.1) is 11.8 Å². The average Bonchev–Trinajstić information content (AvgIpc) is 2.19. The average molecular weight is 174 g/mol. The molecule has 0 spiro atoms. The van der Waals surface area contributed by atoms with Crippen molar-refractivity contribution in [3.63, 3.8) is 0 Å². The van der Waals surface area contributed by atoms with E-state index in [9.17, 15) is 0 Å². The van der Waals surface area contributed by atoms with Gasteiger partial charge in [-0.3, -0.25) is 0 Å². The summed E-state index contributed by atoms with van der Waals surface area (Å²) in [6, 6.07) is 8.11. The highest BCUT2D eigenvalue weighted by Gasteiger charge is 1.92. The van der Waals surface area contributed by atoms with Gasteiger partial charge in [0, 0.05) is 0 Å². The van der Waals surface area contributed by atoms with Crippen LogP contribution in [0.3, 0.4) is 0 Å². The smallest absolute Gasteiger partial charge is 0.149 e. The lowest BCUT2D eigenvalue weighted by atomic mass is 10.2. The van der Waals surface area contributed by atoms with Gasteiger partial charge in [0.2, 0.25) is 0 Å². The number of hydrogen-bond donors (Lipinski definition) is 0. The molecule has 0 unspecified atom stereocenters. The third-order valence-corrected chi connectivity index (χ3v) is 1.79. The Morgan fingerprint density at radius 3 is 2.92 bits per heavy atom. The van der Waals surface area contributed by atoms with Crippen LogP contribution in [0.2, 0.25) is 0 Å². The molecule has 0 saturated heterocycles. The van der Waals surface area contributed by atoms with Crippen LogP contribution in [0.25, 0.3) is 0 Å². The summed E-state index contributed by atoms with van der Waals surface area (Å²) in [5.41, 5.74) is 1.29. The van der Waals surface area contributed by atoms with Gasteiger partial charge in [0.05, 0.1) is 0 Å². The minimum atomic E-state index is 0.476. The maximum absolute atomic E-state index is 5.42. The van der Waals surface area contributed by atoms with Crippen molar-refractivity contribution in [1.82, 2.24) is 0 Å². The lowest BCUT2D eigenvalue weighted by molar-refractivity contribution is 0.370. The van der Waals surface area contributed by atoms with E-state index in [-0.39, 0.29) is 0 Å². The fourth-order valence-corrected chi connectivity index (χ4v) is 1.05. The Labute approximate surface area is 79.7 Å². The Kier molecular flexibility index (Phi) is 3.92. The number of aryl methyl sites for hydroxylation is 1. The topological polar surface area (TPSA) is 9.23 Å². The van der Waals surface area contributed by atoms with Gasteiger partial charge in [-0.05, 0) is 31.0 Å². The van der Waals surface area contributed by atoms with Gasteiger partial charge in [-0.2, -0.15) is 0 Å². The molecule has 0 aliphatic carbocycles. The van der Waals surface area contributed by atoms with E-state index >= 15 is 0 Å². The molecule has 13 heavy (non-hydrogen) atoms. The normalized spacial score (nSPS) is 8.77. The molecule has 0 aliphatic rings. The second-order valence-corrected chi connectivity index (χ2v) is 2.72. The van der Waals surface area contributed by atoms with Crippen LogP contribution in [-0.4, -0.2) is 6.61 Å². The molecule has 0 aliphatic heterocycles. The van der Waals surface area contributed by atoms with Crippen LogP contribution in [-0.2, 0) is 6.42 Å². The van der Waals surface area contributed by atoms with E-state index < -0.39 is 0 Å². The summed E-state index contributed by atoms with van der Waals surface area (Å²) in [5.74, 6) is 6.56. The summed E-state index contributed by atoms with van der Waals surface area (Å²) in [6.07, 6.45) is 1.04. The highest BCUT2D eigenvalue weighted by molar-refractivity contribution is 5.28. The summed E-state index contributed by atoms with van der Waals surface area (Å²) in [4.78, 5) is 0. The van der Waals surface area contributed by atoms with E-state index in [0.717, 1.165) is 12.2 Å². The highest BCUT2D eigenvalue weighted by Crippen LogP contribution is 2.13. The zero-order valence-electron chi connectivity index (χ0n) is 8.13. The molecule has 1 nitrogen and oxygen atoms in total. The molecule has 0 amide bonds. The van der Waals surface area contributed by atoms with Gasteiger partial charge in [0.1, 0.15) is 12.4 Å².